The highest BCUT2D eigenvalue weighted by Gasteiger charge is 2.06. The van der Waals surface area contributed by atoms with Crippen LogP contribution in [0.25, 0.3) is 22.6 Å². The minimum atomic E-state index is -0.0503. The molecule has 1 aromatic heterocycles. The molecule has 2 nitrogen and oxygen atoms in total. The third-order valence-electron chi connectivity index (χ3n) is 3.16. The first kappa shape index (κ1) is 12.4. The van der Waals surface area contributed by atoms with Crippen LogP contribution in [0.15, 0.2) is 75.9 Å². The van der Waals surface area contributed by atoms with Gasteiger partial charge in [0.05, 0.1) is 0 Å². The Morgan fingerprint density at radius 1 is 0.750 bits per heavy atom. The van der Waals surface area contributed by atoms with Gasteiger partial charge < -0.3 is 4.42 Å². The fourth-order valence-electron chi connectivity index (χ4n) is 2.08. The van der Waals surface area contributed by atoms with Crippen molar-refractivity contribution in [3.05, 3.63) is 82.5 Å². The lowest BCUT2D eigenvalue weighted by Crippen LogP contribution is -1.98. The SMILES string of the molecule is Cc1ccc(-c2cc(=O)cc(-c3ccccc3)o2)cc1. The predicted molar refractivity (Wildman–Crippen MR) is 80.6 cm³/mol. The number of benzene rings is 2. The van der Waals surface area contributed by atoms with E-state index in [0.717, 1.165) is 11.1 Å². The molecule has 0 aliphatic carbocycles. The number of hydrogen-bond acceptors (Lipinski definition) is 2. The van der Waals surface area contributed by atoms with E-state index in [1.165, 1.54) is 17.7 Å². The number of hydrogen-bond donors (Lipinski definition) is 0. The van der Waals surface area contributed by atoms with Gasteiger partial charge in [-0.05, 0) is 6.92 Å². The first-order chi connectivity index (χ1) is 9.72. The quantitative estimate of drug-likeness (QED) is 0.690. The molecule has 0 fully saturated rings. The number of rotatable bonds is 2. The van der Waals surface area contributed by atoms with Crippen molar-refractivity contribution >= 4 is 0 Å². The zero-order valence-electron chi connectivity index (χ0n) is 11.2. The maximum atomic E-state index is 11.9. The van der Waals surface area contributed by atoms with Gasteiger partial charge in [-0.15, -0.1) is 0 Å². The van der Waals surface area contributed by atoms with Gasteiger partial charge in [0.2, 0.25) is 0 Å². The van der Waals surface area contributed by atoms with E-state index < -0.39 is 0 Å². The summed E-state index contributed by atoms with van der Waals surface area (Å²) in [6, 6.07) is 20.6. The van der Waals surface area contributed by atoms with Crippen molar-refractivity contribution < 1.29 is 4.42 Å². The third-order valence-corrected chi connectivity index (χ3v) is 3.16. The Balaban J connectivity index is 2.12. The number of aryl methyl sites for hydroxylation is 1. The molecular weight excluding hydrogens is 248 g/mol. The Morgan fingerprint density at radius 3 is 1.90 bits per heavy atom. The van der Waals surface area contributed by atoms with Crippen molar-refractivity contribution in [3.63, 3.8) is 0 Å². The maximum Gasteiger partial charge on any atom is 0.186 e. The summed E-state index contributed by atoms with van der Waals surface area (Å²) in [5, 5.41) is 0. The smallest absolute Gasteiger partial charge is 0.186 e. The van der Waals surface area contributed by atoms with Crippen LogP contribution in [0.4, 0.5) is 0 Å². The van der Waals surface area contributed by atoms with Crippen molar-refractivity contribution in [3.8, 4) is 22.6 Å². The molecule has 0 unspecified atom stereocenters. The molecule has 0 N–H and O–H groups in total. The van der Waals surface area contributed by atoms with Gasteiger partial charge in [-0.2, -0.15) is 0 Å². The van der Waals surface area contributed by atoms with E-state index in [1.54, 1.807) is 0 Å². The van der Waals surface area contributed by atoms with Crippen LogP contribution in [0, 0.1) is 6.92 Å². The van der Waals surface area contributed by atoms with Gasteiger partial charge in [0.15, 0.2) is 5.43 Å². The molecule has 0 atom stereocenters. The fourth-order valence-corrected chi connectivity index (χ4v) is 2.08. The molecule has 0 aliphatic heterocycles. The summed E-state index contributed by atoms with van der Waals surface area (Å²) in [5.74, 6) is 1.19. The van der Waals surface area contributed by atoms with Crippen molar-refractivity contribution in [2.24, 2.45) is 0 Å². The molecule has 0 saturated carbocycles. The molecule has 0 saturated heterocycles. The summed E-state index contributed by atoms with van der Waals surface area (Å²) in [6.07, 6.45) is 0. The molecule has 0 amide bonds. The highest BCUT2D eigenvalue weighted by molar-refractivity contribution is 5.62. The summed E-state index contributed by atoms with van der Waals surface area (Å²) >= 11 is 0. The Hall–Kier alpha value is -2.61. The molecule has 98 valence electrons. The first-order valence-electron chi connectivity index (χ1n) is 6.50. The summed E-state index contributed by atoms with van der Waals surface area (Å²) in [7, 11) is 0. The van der Waals surface area contributed by atoms with Crippen LogP contribution in [0.3, 0.4) is 0 Å². The van der Waals surface area contributed by atoms with Crippen LogP contribution >= 0.6 is 0 Å². The van der Waals surface area contributed by atoms with E-state index in [1.807, 2.05) is 61.5 Å². The third kappa shape index (κ3) is 2.54. The maximum absolute atomic E-state index is 11.9. The van der Waals surface area contributed by atoms with Gasteiger partial charge in [0.1, 0.15) is 11.5 Å². The van der Waals surface area contributed by atoms with Crippen molar-refractivity contribution in [2.45, 2.75) is 6.92 Å². The van der Waals surface area contributed by atoms with Crippen LogP contribution < -0.4 is 5.43 Å². The van der Waals surface area contributed by atoms with E-state index in [4.69, 9.17) is 4.42 Å². The topological polar surface area (TPSA) is 30.2 Å². The lowest BCUT2D eigenvalue weighted by molar-refractivity contribution is 0.580. The first-order valence-corrected chi connectivity index (χ1v) is 6.50. The molecule has 0 radical (unpaired) electrons. The Morgan fingerprint density at radius 2 is 1.30 bits per heavy atom. The van der Waals surface area contributed by atoms with E-state index in [-0.39, 0.29) is 5.43 Å². The Labute approximate surface area is 117 Å². The van der Waals surface area contributed by atoms with E-state index in [9.17, 15) is 4.79 Å². The predicted octanol–water partition coefficient (Wildman–Crippen LogP) is 4.28. The van der Waals surface area contributed by atoms with Crippen molar-refractivity contribution in [1.29, 1.82) is 0 Å². The monoisotopic (exact) mass is 262 g/mol. The van der Waals surface area contributed by atoms with Gasteiger partial charge in [0, 0.05) is 23.3 Å². The van der Waals surface area contributed by atoms with Crippen LogP contribution in [-0.2, 0) is 0 Å². The molecule has 3 rings (SSSR count). The fraction of sp³-hybridized carbons (Fsp3) is 0.0556. The molecule has 2 heteroatoms. The second-order valence-electron chi connectivity index (χ2n) is 4.75. The summed E-state index contributed by atoms with van der Waals surface area (Å²) in [4.78, 5) is 11.9. The molecule has 3 aromatic rings. The molecule has 20 heavy (non-hydrogen) atoms. The van der Waals surface area contributed by atoms with Gasteiger partial charge in [-0.25, -0.2) is 0 Å². The normalized spacial score (nSPS) is 10.4. The van der Waals surface area contributed by atoms with Gasteiger partial charge in [0.25, 0.3) is 0 Å². The standard InChI is InChI=1S/C18H14O2/c1-13-7-9-15(10-8-13)18-12-16(19)11-17(20-18)14-5-3-2-4-6-14/h2-12H,1H3. The minimum Gasteiger partial charge on any atom is -0.456 e. The molecule has 0 bridgehead atoms. The molecule has 0 aliphatic rings. The van der Waals surface area contributed by atoms with Crippen LogP contribution in [-0.4, -0.2) is 0 Å². The second-order valence-corrected chi connectivity index (χ2v) is 4.75. The lowest BCUT2D eigenvalue weighted by Gasteiger charge is -2.05. The minimum absolute atomic E-state index is 0.0503. The molecule has 2 aromatic carbocycles. The van der Waals surface area contributed by atoms with E-state index in [2.05, 4.69) is 0 Å². The largest absolute Gasteiger partial charge is 0.456 e. The summed E-state index contributed by atoms with van der Waals surface area (Å²) < 4.78 is 5.87. The Bertz CT molecular complexity index is 769. The average Bonchev–Trinajstić information content (AvgIpc) is 2.48. The summed E-state index contributed by atoms with van der Waals surface area (Å²) in [6.45, 7) is 2.03. The lowest BCUT2D eigenvalue weighted by atomic mass is 10.1. The summed E-state index contributed by atoms with van der Waals surface area (Å²) in [5.41, 5.74) is 2.94. The van der Waals surface area contributed by atoms with E-state index >= 15 is 0 Å². The average molecular weight is 262 g/mol. The second kappa shape index (κ2) is 5.17. The van der Waals surface area contributed by atoms with Crippen LogP contribution in [0.2, 0.25) is 0 Å². The van der Waals surface area contributed by atoms with Gasteiger partial charge in [-0.1, -0.05) is 60.2 Å². The molecule has 1 heterocycles. The van der Waals surface area contributed by atoms with E-state index in [0.29, 0.717) is 11.5 Å². The van der Waals surface area contributed by atoms with Crippen molar-refractivity contribution in [2.75, 3.05) is 0 Å². The van der Waals surface area contributed by atoms with Crippen LogP contribution in [0.5, 0.6) is 0 Å². The van der Waals surface area contributed by atoms with Gasteiger partial charge >= 0.3 is 0 Å². The molecular formula is C18H14O2. The highest BCUT2D eigenvalue weighted by atomic mass is 16.3. The molecule has 0 spiro atoms. The zero-order valence-corrected chi connectivity index (χ0v) is 11.2. The zero-order chi connectivity index (χ0) is 13.9. The Kier molecular flexibility index (Phi) is 3.21. The van der Waals surface area contributed by atoms with Gasteiger partial charge in [-0.3, -0.25) is 4.79 Å². The van der Waals surface area contributed by atoms with Crippen LogP contribution in [0.1, 0.15) is 5.56 Å². The van der Waals surface area contributed by atoms with Crippen molar-refractivity contribution in [1.82, 2.24) is 0 Å². The highest BCUT2D eigenvalue weighted by Crippen LogP contribution is 2.24.